The molecule has 4 N–H and O–H groups in total. The fraction of sp³-hybridized carbons (Fsp3) is 0.200. The maximum Gasteiger partial charge on any atom is 0.201 e. The van der Waals surface area contributed by atoms with E-state index in [9.17, 15) is 4.79 Å². The lowest BCUT2D eigenvalue weighted by Crippen LogP contribution is -2.17. The number of carbonyl (C=O) groups is 1. The Morgan fingerprint density at radius 3 is 2.33 bits per heavy atom. The Morgan fingerprint density at radius 2 is 1.71 bits per heavy atom. The normalized spacial score (nSPS) is 16.5. The van der Waals surface area contributed by atoms with Crippen molar-refractivity contribution in [3.05, 3.63) is 35.6 Å². The van der Waals surface area contributed by atoms with E-state index in [1.54, 1.807) is 25.1 Å². The van der Waals surface area contributed by atoms with Crippen LogP contribution in [0.3, 0.4) is 0 Å². The van der Waals surface area contributed by atoms with Crippen LogP contribution in [0.1, 0.15) is 6.92 Å². The van der Waals surface area contributed by atoms with Crippen molar-refractivity contribution in [2.75, 3.05) is 20.0 Å². The first-order valence-corrected chi connectivity index (χ1v) is 6.26. The van der Waals surface area contributed by atoms with Crippen LogP contribution in [-0.2, 0) is 4.79 Å². The molecule has 2 rings (SSSR count). The first kappa shape index (κ1) is 14.6. The van der Waals surface area contributed by atoms with E-state index >= 15 is 0 Å². The van der Waals surface area contributed by atoms with Gasteiger partial charge in [0.2, 0.25) is 5.78 Å². The fourth-order valence-corrected chi connectivity index (χ4v) is 1.93. The molecule has 0 amide bonds. The molecule has 1 aromatic rings. The summed E-state index contributed by atoms with van der Waals surface area (Å²) in [5.41, 5.74) is 14.0. The molecule has 1 aliphatic rings. The number of aliphatic imine (C=N–C) groups is 1. The summed E-state index contributed by atoms with van der Waals surface area (Å²) in [6.45, 7) is 1.79. The van der Waals surface area contributed by atoms with Gasteiger partial charge in [0.15, 0.2) is 0 Å². The summed E-state index contributed by atoms with van der Waals surface area (Å²) in [5, 5.41) is 0. The zero-order chi connectivity index (χ0) is 15.6. The number of allylic oxidation sites excluding steroid dienone is 3. The molecule has 1 aromatic carbocycles. The molecule has 0 fully saturated rings. The van der Waals surface area contributed by atoms with Crippen LogP contribution in [-0.4, -0.2) is 25.7 Å². The average molecular weight is 287 g/mol. The third-order valence-electron chi connectivity index (χ3n) is 3.10. The number of hydrogen-bond acceptors (Lipinski definition) is 6. The minimum absolute atomic E-state index is 0.153. The number of anilines is 1. The molecule has 0 saturated carbocycles. The van der Waals surface area contributed by atoms with Gasteiger partial charge in [0.25, 0.3) is 0 Å². The Bertz CT molecular complexity index is 688. The zero-order valence-corrected chi connectivity index (χ0v) is 12.1. The van der Waals surface area contributed by atoms with E-state index in [2.05, 4.69) is 4.99 Å². The second-order valence-corrected chi connectivity index (χ2v) is 4.55. The van der Waals surface area contributed by atoms with Gasteiger partial charge in [-0.25, -0.2) is 4.99 Å². The maximum absolute atomic E-state index is 11.5. The molecule has 0 aliphatic heterocycles. The van der Waals surface area contributed by atoms with Gasteiger partial charge in [0.1, 0.15) is 17.2 Å². The second kappa shape index (κ2) is 5.70. The van der Waals surface area contributed by atoms with E-state index in [-0.39, 0.29) is 11.5 Å². The van der Waals surface area contributed by atoms with Crippen molar-refractivity contribution in [2.45, 2.75) is 6.92 Å². The number of methoxy groups -OCH3 is 2. The van der Waals surface area contributed by atoms with Gasteiger partial charge >= 0.3 is 0 Å². The number of benzene rings is 1. The summed E-state index contributed by atoms with van der Waals surface area (Å²) in [6, 6.07) is 3.31. The summed E-state index contributed by atoms with van der Waals surface area (Å²) in [6.07, 6.45) is 3.00. The molecule has 0 aromatic heterocycles. The smallest absolute Gasteiger partial charge is 0.201 e. The van der Waals surface area contributed by atoms with Gasteiger partial charge in [0, 0.05) is 12.1 Å². The van der Waals surface area contributed by atoms with E-state index in [0.29, 0.717) is 28.6 Å². The highest BCUT2D eigenvalue weighted by Gasteiger charge is 2.15. The van der Waals surface area contributed by atoms with Crippen molar-refractivity contribution >= 4 is 22.9 Å². The monoisotopic (exact) mass is 287 g/mol. The SMILES string of the molecule is COc1cc(N=C2C=C(N)C(=O)C=C2C)c(OC)cc1N. The molecule has 6 nitrogen and oxygen atoms in total. The summed E-state index contributed by atoms with van der Waals surface area (Å²) >= 11 is 0. The highest BCUT2D eigenvalue weighted by atomic mass is 16.5. The van der Waals surface area contributed by atoms with E-state index < -0.39 is 0 Å². The average Bonchev–Trinajstić information content (AvgIpc) is 2.45. The standard InChI is InChI=1S/C15H17N3O3/c1-8-4-13(19)9(16)5-11(8)18-12-7-14(20-2)10(17)6-15(12)21-3/h4-7H,16-17H2,1-3H3. The second-order valence-electron chi connectivity index (χ2n) is 4.55. The van der Waals surface area contributed by atoms with Gasteiger partial charge in [-0.1, -0.05) is 0 Å². The zero-order valence-electron chi connectivity index (χ0n) is 12.1. The molecule has 0 heterocycles. The van der Waals surface area contributed by atoms with Gasteiger partial charge < -0.3 is 20.9 Å². The molecule has 110 valence electrons. The number of carbonyl (C=O) groups excluding carboxylic acids is 1. The Balaban J connectivity index is 2.54. The number of rotatable bonds is 3. The Labute approximate surface area is 122 Å². The lowest BCUT2D eigenvalue weighted by atomic mass is 10.0. The number of ketones is 1. The molecule has 0 atom stereocenters. The molecule has 0 unspecified atom stereocenters. The number of nitrogens with two attached hydrogens (primary N) is 2. The first-order valence-electron chi connectivity index (χ1n) is 6.26. The van der Waals surface area contributed by atoms with Crippen LogP contribution in [0.25, 0.3) is 0 Å². The van der Waals surface area contributed by atoms with Crippen LogP contribution >= 0.6 is 0 Å². The lowest BCUT2D eigenvalue weighted by Gasteiger charge is -2.13. The Morgan fingerprint density at radius 1 is 1.05 bits per heavy atom. The van der Waals surface area contributed by atoms with Crippen LogP contribution in [0.2, 0.25) is 0 Å². The minimum Gasteiger partial charge on any atom is -0.495 e. The molecule has 0 spiro atoms. The minimum atomic E-state index is -0.215. The molecule has 0 radical (unpaired) electrons. The van der Waals surface area contributed by atoms with E-state index in [0.717, 1.165) is 5.57 Å². The van der Waals surface area contributed by atoms with Crippen molar-refractivity contribution in [3.8, 4) is 11.5 Å². The van der Waals surface area contributed by atoms with Crippen molar-refractivity contribution in [3.63, 3.8) is 0 Å². The number of ether oxygens (including phenoxy) is 2. The van der Waals surface area contributed by atoms with Crippen molar-refractivity contribution in [1.82, 2.24) is 0 Å². The van der Waals surface area contributed by atoms with E-state index in [1.807, 2.05) is 0 Å². The quantitative estimate of drug-likeness (QED) is 0.651. The number of nitrogen functional groups attached to an aromatic ring is 1. The first-order chi connectivity index (χ1) is 9.96. The van der Waals surface area contributed by atoms with Crippen molar-refractivity contribution in [1.29, 1.82) is 0 Å². The predicted octanol–water partition coefficient (Wildman–Crippen LogP) is 1.73. The summed E-state index contributed by atoms with van der Waals surface area (Å²) < 4.78 is 10.5. The number of nitrogens with zero attached hydrogens (tertiary/aromatic N) is 1. The van der Waals surface area contributed by atoms with Gasteiger partial charge in [-0.2, -0.15) is 0 Å². The summed E-state index contributed by atoms with van der Waals surface area (Å²) in [4.78, 5) is 16.0. The fourth-order valence-electron chi connectivity index (χ4n) is 1.93. The molecule has 0 bridgehead atoms. The highest BCUT2D eigenvalue weighted by molar-refractivity contribution is 6.22. The predicted molar refractivity (Wildman–Crippen MR) is 82.1 cm³/mol. The largest absolute Gasteiger partial charge is 0.495 e. The maximum atomic E-state index is 11.5. The topological polar surface area (TPSA) is 99.9 Å². The van der Waals surface area contributed by atoms with Crippen LogP contribution in [0, 0.1) is 0 Å². The molecule has 21 heavy (non-hydrogen) atoms. The molecular formula is C15H17N3O3. The lowest BCUT2D eigenvalue weighted by molar-refractivity contribution is -0.111. The van der Waals surface area contributed by atoms with Crippen LogP contribution in [0.5, 0.6) is 11.5 Å². The Kier molecular flexibility index (Phi) is 3.98. The van der Waals surface area contributed by atoms with Gasteiger partial charge in [-0.15, -0.1) is 0 Å². The van der Waals surface area contributed by atoms with Crippen LogP contribution in [0.15, 0.2) is 40.5 Å². The number of hydrogen-bond donors (Lipinski definition) is 2. The van der Waals surface area contributed by atoms with Crippen LogP contribution < -0.4 is 20.9 Å². The van der Waals surface area contributed by atoms with Gasteiger partial charge in [-0.05, 0) is 24.6 Å². The summed E-state index contributed by atoms with van der Waals surface area (Å²) in [7, 11) is 3.06. The van der Waals surface area contributed by atoms with E-state index in [1.165, 1.54) is 20.3 Å². The van der Waals surface area contributed by atoms with Crippen LogP contribution in [0.4, 0.5) is 11.4 Å². The van der Waals surface area contributed by atoms with Gasteiger partial charge in [0.05, 0.1) is 31.3 Å². The highest BCUT2D eigenvalue weighted by Crippen LogP contribution is 2.37. The van der Waals surface area contributed by atoms with Crippen molar-refractivity contribution in [2.24, 2.45) is 10.7 Å². The molecule has 0 saturated heterocycles. The molecule has 6 heteroatoms. The summed E-state index contributed by atoms with van der Waals surface area (Å²) in [5.74, 6) is 0.798. The van der Waals surface area contributed by atoms with Gasteiger partial charge in [-0.3, -0.25) is 4.79 Å². The third kappa shape index (κ3) is 2.89. The van der Waals surface area contributed by atoms with Crippen molar-refractivity contribution < 1.29 is 14.3 Å². The molecular weight excluding hydrogens is 270 g/mol. The van der Waals surface area contributed by atoms with E-state index in [4.69, 9.17) is 20.9 Å². The molecule has 1 aliphatic carbocycles. The Hall–Kier alpha value is -2.76. The third-order valence-corrected chi connectivity index (χ3v) is 3.10.